The summed E-state index contributed by atoms with van der Waals surface area (Å²) >= 11 is 0. The summed E-state index contributed by atoms with van der Waals surface area (Å²) in [5, 5.41) is 29.8. The highest BCUT2D eigenvalue weighted by atomic mass is 16.5. The zero-order chi connectivity index (χ0) is 15.7. The molecule has 0 atom stereocenters. The van der Waals surface area contributed by atoms with E-state index in [0.717, 1.165) is 0 Å². The Kier molecular flexibility index (Phi) is 3.76. The first-order valence-electron chi connectivity index (χ1n) is 6.30. The first-order chi connectivity index (χ1) is 9.85. The third-order valence-corrected chi connectivity index (χ3v) is 3.22. The summed E-state index contributed by atoms with van der Waals surface area (Å²) < 4.78 is 5.01. The molecular weight excluding hydrogens is 272 g/mol. The molecule has 0 bridgehead atoms. The normalized spacial score (nSPS) is 10.4. The molecule has 0 aliphatic heterocycles. The van der Waals surface area contributed by atoms with Crippen molar-refractivity contribution in [1.29, 1.82) is 0 Å². The van der Waals surface area contributed by atoms with E-state index in [1.807, 2.05) is 0 Å². The van der Waals surface area contributed by atoms with E-state index < -0.39 is 5.78 Å². The van der Waals surface area contributed by atoms with Crippen LogP contribution in [0.2, 0.25) is 0 Å². The number of phenols is 3. The average Bonchev–Trinajstić information content (AvgIpc) is 2.36. The molecular formula is C16H16O5. The average molecular weight is 288 g/mol. The number of ether oxygens (including phenoxy) is 1. The van der Waals surface area contributed by atoms with Gasteiger partial charge in [0.25, 0.3) is 0 Å². The maximum absolute atomic E-state index is 12.5. The van der Waals surface area contributed by atoms with Gasteiger partial charge in [-0.1, -0.05) is 0 Å². The first kappa shape index (κ1) is 14.7. The molecule has 0 spiro atoms. The molecule has 0 saturated heterocycles. The summed E-state index contributed by atoms with van der Waals surface area (Å²) in [6.45, 7) is 3.32. The van der Waals surface area contributed by atoms with E-state index in [9.17, 15) is 20.1 Å². The fourth-order valence-electron chi connectivity index (χ4n) is 2.26. The Morgan fingerprint density at radius 2 is 1.43 bits per heavy atom. The van der Waals surface area contributed by atoms with Crippen LogP contribution in [0.5, 0.6) is 23.0 Å². The highest BCUT2D eigenvalue weighted by molar-refractivity contribution is 6.14. The maximum atomic E-state index is 12.5. The lowest BCUT2D eigenvalue weighted by Crippen LogP contribution is -2.06. The number of aryl methyl sites for hydroxylation is 2. The molecule has 0 amide bonds. The van der Waals surface area contributed by atoms with Crippen molar-refractivity contribution in [2.75, 3.05) is 7.11 Å². The molecule has 0 aliphatic carbocycles. The quantitative estimate of drug-likeness (QED) is 0.756. The van der Waals surface area contributed by atoms with Crippen LogP contribution in [0.3, 0.4) is 0 Å². The van der Waals surface area contributed by atoms with Gasteiger partial charge in [-0.25, -0.2) is 0 Å². The molecule has 0 aromatic heterocycles. The predicted molar refractivity (Wildman–Crippen MR) is 77.3 cm³/mol. The number of hydrogen-bond donors (Lipinski definition) is 3. The summed E-state index contributed by atoms with van der Waals surface area (Å²) in [5.74, 6) is -1.16. The van der Waals surface area contributed by atoms with Crippen molar-refractivity contribution in [3.8, 4) is 23.0 Å². The largest absolute Gasteiger partial charge is 0.507 e. The SMILES string of the molecule is COc1cc(C)c(C(=O)c2c(O)cc(C)cc2O)c(O)c1. The van der Waals surface area contributed by atoms with E-state index in [1.165, 1.54) is 25.3 Å². The van der Waals surface area contributed by atoms with Crippen LogP contribution in [0.25, 0.3) is 0 Å². The van der Waals surface area contributed by atoms with Gasteiger partial charge in [-0.15, -0.1) is 0 Å². The van der Waals surface area contributed by atoms with E-state index in [2.05, 4.69) is 0 Å². The third-order valence-electron chi connectivity index (χ3n) is 3.22. The van der Waals surface area contributed by atoms with Crippen LogP contribution >= 0.6 is 0 Å². The molecule has 3 N–H and O–H groups in total. The van der Waals surface area contributed by atoms with Crippen molar-refractivity contribution in [3.05, 3.63) is 46.5 Å². The third kappa shape index (κ3) is 2.63. The summed E-state index contributed by atoms with van der Waals surface area (Å²) in [5.41, 5.74) is 0.892. The molecule has 0 aliphatic rings. The molecule has 2 aromatic rings. The second kappa shape index (κ2) is 5.36. The minimum Gasteiger partial charge on any atom is -0.507 e. The summed E-state index contributed by atoms with van der Waals surface area (Å²) in [4.78, 5) is 12.5. The van der Waals surface area contributed by atoms with Crippen LogP contribution < -0.4 is 4.74 Å². The smallest absolute Gasteiger partial charge is 0.204 e. The van der Waals surface area contributed by atoms with Crippen LogP contribution in [0, 0.1) is 13.8 Å². The topological polar surface area (TPSA) is 87.0 Å². The minimum atomic E-state index is -0.650. The van der Waals surface area contributed by atoms with E-state index >= 15 is 0 Å². The maximum Gasteiger partial charge on any atom is 0.204 e. The molecule has 2 aromatic carbocycles. The van der Waals surface area contributed by atoms with Crippen molar-refractivity contribution < 1.29 is 24.9 Å². The predicted octanol–water partition coefficient (Wildman–Crippen LogP) is 2.66. The molecule has 110 valence electrons. The van der Waals surface area contributed by atoms with E-state index in [1.54, 1.807) is 19.9 Å². The molecule has 0 fully saturated rings. The van der Waals surface area contributed by atoms with E-state index in [4.69, 9.17) is 4.74 Å². The van der Waals surface area contributed by atoms with Gasteiger partial charge in [-0.2, -0.15) is 0 Å². The number of phenolic OH excluding ortho intramolecular Hbond substituents is 3. The van der Waals surface area contributed by atoms with Gasteiger partial charge >= 0.3 is 0 Å². The summed E-state index contributed by atoms with van der Waals surface area (Å²) in [6.07, 6.45) is 0. The summed E-state index contributed by atoms with van der Waals surface area (Å²) in [6, 6.07) is 5.66. The number of ketones is 1. The zero-order valence-electron chi connectivity index (χ0n) is 12.0. The molecule has 0 saturated carbocycles. The monoisotopic (exact) mass is 288 g/mol. The van der Waals surface area contributed by atoms with Gasteiger partial charge in [-0.05, 0) is 43.2 Å². The number of aromatic hydroxyl groups is 3. The number of benzene rings is 2. The molecule has 0 unspecified atom stereocenters. The fourth-order valence-corrected chi connectivity index (χ4v) is 2.26. The number of hydrogen-bond acceptors (Lipinski definition) is 5. The molecule has 0 heterocycles. The zero-order valence-corrected chi connectivity index (χ0v) is 12.0. The lowest BCUT2D eigenvalue weighted by atomic mass is 9.95. The van der Waals surface area contributed by atoms with Crippen molar-refractivity contribution in [3.63, 3.8) is 0 Å². The molecule has 21 heavy (non-hydrogen) atoms. The number of rotatable bonds is 3. The Labute approximate surface area is 122 Å². The van der Waals surface area contributed by atoms with E-state index in [0.29, 0.717) is 16.9 Å². The summed E-state index contributed by atoms with van der Waals surface area (Å²) in [7, 11) is 1.45. The molecule has 0 radical (unpaired) electrons. The van der Waals surface area contributed by atoms with Gasteiger partial charge in [0, 0.05) is 6.07 Å². The lowest BCUT2D eigenvalue weighted by Gasteiger charge is -2.12. The Morgan fingerprint density at radius 1 is 0.905 bits per heavy atom. The minimum absolute atomic E-state index is 0.0188. The van der Waals surface area contributed by atoms with Crippen LogP contribution in [-0.2, 0) is 0 Å². The van der Waals surface area contributed by atoms with Gasteiger partial charge in [0.2, 0.25) is 5.78 Å². The van der Waals surface area contributed by atoms with Gasteiger partial charge in [0.05, 0.1) is 12.7 Å². The van der Waals surface area contributed by atoms with Crippen LogP contribution in [0.1, 0.15) is 27.0 Å². The highest BCUT2D eigenvalue weighted by Gasteiger charge is 2.23. The second-order valence-corrected chi connectivity index (χ2v) is 4.85. The highest BCUT2D eigenvalue weighted by Crippen LogP contribution is 2.35. The van der Waals surface area contributed by atoms with Crippen LogP contribution in [-0.4, -0.2) is 28.2 Å². The fraction of sp³-hybridized carbons (Fsp3) is 0.188. The number of methoxy groups -OCH3 is 1. The molecule has 2 rings (SSSR count). The Balaban J connectivity index is 2.61. The van der Waals surface area contributed by atoms with Gasteiger partial charge < -0.3 is 20.1 Å². The standard InChI is InChI=1S/C16H16O5/c1-8-4-11(17)15(12(18)5-8)16(20)14-9(2)6-10(21-3)7-13(14)19/h4-7,17-19H,1-3H3. The van der Waals surface area contributed by atoms with Crippen molar-refractivity contribution >= 4 is 5.78 Å². The molecule has 5 nitrogen and oxygen atoms in total. The lowest BCUT2D eigenvalue weighted by molar-refractivity contribution is 0.103. The Bertz CT molecular complexity index is 673. The van der Waals surface area contributed by atoms with Crippen LogP contribution in [0.15, 0.2) is 24.3 Å². The van der Waals surface area contributed by atoms with Gasteiger partial charge in [0.15, 0.2) is 0 Å². The Morgan fingerprint density at radius 3 is 1.90 bits per heavy atom. The van der Waals surface area contributed by atoms with Gasteiger partial charge in [-0.3, -0.25) is 4.79 Å². The van der Waals surface area contributed by atoms with Crippen molar-refractivity contribution in [2.45, 2.75) is 13.8 Å². The van der Waals surface area contributed by atoms with Crippen molar-refractivity contribution in [1.82, 2.24) is 0 Å². The molecule has 5 heteroatoms. The Hall–Kier alpha value is -2.69. The van der Waals surface area contributed by atoms with Crippen LogP contribution in [0.4, 0.5) is 0 Å². The van der Waals surface area contributed by atoms with Gasteiger partial charge in [0.1, 0.15) is 28.6 Å². The van der Waals surface area contributed by atoms with E-state index in [-0.39, 0.29) is 28.4 Å². The number of carbonyl (C=O) groups excluding carboxylic acids is 1. The number of carbonyl (C=O) groups is 1. The first-order valence-corrected chi connectivity index (χ1v) is 6.30. The second-order valence-electron chi connectivity index (χ2n) is 4.85. The van der Waals surface area contributed by atoms with Crippen molar-refractivity contribution in [2.24, 2.45) is 0 Å².